The largest absolute Gasteiger partial charge is 0.324 e. The van der Waals surface area contributed by atoms with Gasteiger partial charge in [0.2, 0.25) is 0 Å². The molecular weight excluding hydrogens is 238 g/mol. The molecule has 0 spiro atoms. The normalized spacial score (nSPS) is 12.1. The lowest BCUT2D eigenvalue weighted by atomic mass is 10.0. The summed E-state index contributed by atoms with van der Waals surface area (Å²) in [6.45, 7) is 2.06. The van der Waals surface area contributed by atoms with Crippen LogP contribution in [-0.4, -0.2) is 0 Å². The van der Waals surface area contributed by atoms with E-state index in [2.05, 4.69) is 40.9 Å². The first-order valence-corrected chi connectivity index (χ1v) is 5.39. The Hall–Kier alpha value is -0.780. The standard InChI is InChI=1S/C12H14BrN/c1-3-4-5-12(14)10-6-9(2)7-11(13)8-10/h1,6-8,12H,4-5,14H2,2H3. The Morgan fingerprint density at radius 2 is 2.21 bits per heavy atom. The lowest BCUT2D eigenvalue weighted by Crippen LogP contribution is -2.10. The monoisotopic (exact) mass is 251 g/mol. The Balaban J connectivity index is 2.79. The highest BCUT2D eigenvalue weighted by Gasteiger charge is 2.06. The molecule has 2 N–H and O–H groups in total. The van der Waals surface area contributed by atoms with E-state index in [1.807, 2.05) is 6.07 Å². The molecule has 1 aromatic carbocycles. The van der Waals surface area contributed by atoms with Gasteiger partial charge in [0.1, 0.15) is 0 Å². The molecule has 0 amide bonds. The van der Waals surface area contributed by atoms with Crippen molar-refractivity contribution in [1.29, 1.82) is 0 Å². The van der Waals surface area contributed by atoms with E-state index in [4.69, 9.17) is 12.2 Å². The van der Waals surface area contributed by atoms with Crippen molar-refractivity contribution < 1.29 is 0 Å². The highest BCUT2D eigenvalue weighted by Crippen LogP contribution is 2.21. The van der Waals surface area contributed by atoms with Gasteiger partial charge < -0.3 is 5.73 Å². The van der Waals surface area contributed by atoms with Gasteiger partial charge in [0.25, 0.3) is 0 Å². The minimum absolute atomic E-state index is 0.0437. The molecule has 0 heterocycles. The molecule has 0 aromatic heterocycles. The van der Waals surface area contributed by atoms with Gasteiger partial charge in [-0.25, -0.2) is 0 Å². The maximum Gasteiger partial charge on any atom is 0.0304 e. The van der Waals surface area contributed by atoms with Gasteiger partial charge in [0.15, 0.2) is 0 Å². The molecule has 0 aliphatic heterocycles. The number of rotatable bonds is 3. The van der Waals surface area contributed by atoms with Crippen molar-refractivity contribution in [3.05, 3.63) is 33.8 Å². The molecule has 74 valence electrons. The summed E-state index contributed by atoms with van der Waals surface area (Å²) in [7, 11) is 0. The minimum atomic E-state index is 0.0437. The summed E-state index contributed by atoms with van der Waals surface area (Å²) in [4.78, 5) is 0. The Labute approximate surface area is 93.8 Å². The van der Waals surface area contributed by atoms with Crippen LogP contribution in [0.2, 0.25) is 0 Å². The maximum absolute atomic E-state index is 6.00. The van der Waals surface area contributed by atoms with E-state index in [9.17, 15) is 0 Å². The average molecular weight is 252 g/mol. The number of hydrogen-bond acceptors (Lipinski definition) is 1. The lowest BCUT2D eigenvalue weighted by molar-refractivity contribution is 0.667. The van der Waals surface area contributed by atoms with Crippen molar-refractivity contribution in [3.63, 3.8) is 0 Å². The SMILES string of the molecule is C#CCCC(N)c1cc(C)cc(Br)c1. The summed E-state index contributed by atoms with van der Waals surface area (Å²) in [5.74, 6) is 2.61. The number of nitrogens with two attached hydrogens (primary N) is 1. The van der Waals surface area contributed by atoms with Crippen LogP contribution in [0.15, 0.2) is 22.7 Å². The van der Waals surface area contributed by atoms with E-state index in [0.717, 1.165) is 22.9 Å². The van der Waals surface area contributed by atoms with Gasteiger partial charge in [0.05, 0.1) is 0 Å². The molecule has 0 aliphatic carbocycles. The predicted molar refractivity (Wildman–Crippen MR) is 63.9 cm³/mol. The zero-order chi connectivity index (χ0) is 10.6. The van der Waals surface area contributed by atoms with Gasteiger partial charge in [-0.2, -0.15) is 0 Å². The second-order valence-electron chi connectivity index (χ2n) is 3.41. The molecule has 0 aliphatic rings. The van der Waals surface area contributed by atoms with Crippen LogP contribution in [0.5, 0.6) is 0 Å². The van der Waals surface area contributed by atoms with Crippen molar-refractivity contribution in [2.75, 3.05) is 0 Å². The van der Waals surface area contributed by atoms with Gasteiger partial charge in [-0.05, 0) is 36.6 Å². The number of halogens is 1. The van der Waals surface area contributed by atoms with Crippen LogP contribution in [0.3, 0.4) is 0 Å². The number of terminal acetylenes is 1. The highest BCUT2D eigenvalue weighted by molar-refractivity contribution is 9.10. The molecule has 0 bridgehead atoms. The first kappa shape index (κ1) is 11.3. The van der Waals surface area contributed by atoms with E-state index in [-0.39, 0.29) is 6.04 Å². The average Bonchev–Trinajstić information content (AvgIpc) is 2.12. The van der Waals surface area contributed by atoms with E-state index >= 15 is 0 Å². The third kappa shape index (κ3) is 3.17. The Kier molecular flexibility index (Phi) is 4.19. The molecule has 1 nitrogen and oxygen atoms in total. The minimum Gasteiger partial charge on any atom is -0.324 e. The van der Waals surface area contributed by atoms with E-state index in [0.29, 0.717) is 0 Å². The van der Waals surface area contributed by atoms with Crippen LogP contribution < -0.4 is 5.73 Å². The molecule has 0 fully saturated rings. The Morgan fingerprint density at radius 1 is 1.50 bits per heavy atom. The molecule has 2 heteroatoms. The van der Waals surface area contributed by atoms with Crippen LogP contribution in [0.4, 0.5) is 0 Å². The molecule has 1 rings (SSSR count). The van der Waals surface area contributed by atoms with Crippen molar-refractivity contribution in [3.8, 4) is 12.3 Å². The van der Waals surface area contributed by atoms with Crippen molar-refractivity contribution in [1.82, 2.24) is 0 Å². The first-order valence-electron chi connectivity index (χ1n) is 4.59. The fourth-order valence-electron chi connectivity index (χ4n) is 1.38. The van der Waals surface area contributed by atoms with Crippen LogP contribution in [0.1, 0.15) is 30.0 Å². The Morgan fingerprint density at radius 3 is 2.79 bits per heavy atom. The summed E-state index contributed by atoms with van der Waals surface area (Å²) in [5, 5.41) is 0. The highest BCUT2D eigenvalue weighted by atomic mass is 79.9. The van der Waals surface area contributed by atoms with E-state index in [1.165, 1.54) is 5.56 Å². The summed E-state index contributed by atoms with van der Waals surface area (Å²) in [6, 6.07) is 6.26. The molecule has 0 radical (unpaired) electrons. The van der Waals surface area contributed by atoms with Crippen LogP contribution >= 0.6 is 15.9 Å². The summed E-state index contributed by atoms with van der Waals surface area (Å²) in [5.41, 5.74) is 8.36. The van der Waals surface area contributed by atoms with E-state index in [1.54, 1.807) is 0 Å². The van der Waals surface area contributed by atoms with Crippen molar-refractivity contribution in [2.24, 2.45) is 5.73 Å². The lowest BCUT2D eigenvalue weighted by Gasteiger charge is -2.11. The number of benzene rings is 1. The second kappa shape index (κ2) is 5.19. The quantitative estimate of drug-likeness (QED) is 0.821. The van der Waals surface area contributed by atoms with Gasteiger partial charge in [-0.15, -0.1) is 12.3 Å². The molecule has 0 saturated heterocycles. The van der Waals surface area contributed by atoms with Gasteiger partial charge in [-0.1, -0.05) is 22.0 Å². The molecular formula is C12H14BrN. The van der Waals surface area contributed by atoms with Crippen molar-refractivity contribution >= 4 is 15.9 Å². The van der Waals surface area contributed by atoms with Gasteiger partial charge >= 0.3 is 0 Å². The molecule has 0 saturated carbocycles. The molecule has 1 atom stereocenters. The Bertz CT molecular complexity index is 332. The third-order valence-corrected chi connectivity index (χ3v) is 2.55. The van der Waals surface area contributed by atoms with E-state index < -0.39 is 0 Å². The molecule has 14 heavy (non-hydrogen) atoms. The van der Waals surface area contributed by atoms with Crippen LogP contribution in [-0.2, 0) is 0 Å². The third-order valence-electron chi connectivity index (χ3n) is 2.09. The molecule has 1 unspecified atom stereocenters. The fourth-order valence-corrected chi connectivity index (χ4v) is 2.01. The number of hydrogen-bond donors (Lipinski definition) is 1. The fraction of sp³-hybridized carbons (Fsp3) is 0.333. The maximum atomic E-state index is 6.00. The first-order chi connectivity index (χ1) is 6.63. The van der Waals surface area contributed by atoms with Crippen molar-refractivity contribution in [2.45, 2.75) is 25.8 Å². The topological polar surface area (TPSA) is 26.0 Å². The van der Waals surface area contributed by atoms with Crippen LogP contribution in [0, 0.1) is 19.3 Å². The zero-order valence-electron chi connectivity index (χ0n) is 8.26. The summed E-state index contributed by atoms with van der Waals surface area (Å²) in [6.07, 6.45) is 6.77. The van der Waals surface area contributed by atoms with Crippen LogP contribution in [0.25, 0.3) is 0 Å². The second-order valence-corrected chi connectivity index (χ2v) is 4.33. The zero-order valence-corrected chi connectivity index (χ0v) is 9.84. The summed E-state index contributed by atoms with van der Waals surface area (Å²) >= 11 is 3.45. The molecule has 1 aromatic rings. The van der Waals surface area contributed by atoms with Gasteiger partial charge in [0, 0.05) is 16.9 Å². The smallest absolute Gasteiger partial charge is 0.0304 e. The van der Waals surface area contributed by atoms with Gasteiger partial charge in [-0.3, -0.25) is 0 Å². The summed E-state index contributed by atoms with van der Waals surface area (Å²) < 4.78 is 1.07. The number of aryl methyl sites for hydroxylation is 1. The predicted octanol–water partition coefficient (Wildman–Crippen LogP) is 3.17.